The molecule has 4 rings (SSSR count). The summed E-state index contributed by atoms with van der Waals surface area (Å²) >= 11 is 0. The fourth-order valence-corrected chi connectivity index (χ4v) is 3.87. The number of hydrogen-bond donors (Lipinski definition) is 1. The van der Waals surface area contributed by atoms with Crippen molar-refractivity contribution in [1.82, 2.24) is 5.32 Å². The van der Waals surface area contributed by atoms with Crippen molar-refractivity contribution in [1.29, 1.82) is 0 Å². The molecule has 2 aromatic carbocycles. The molecule has 1 atom stereocenters. The highest BCUT2D eigenvalue weighted by Gasteiger charge is 2.33. The molecule has 0 radical (unpaired) electrons. The number of fused-ring (bicyclic) bond motifs is 1. The summed E-state index contributed by atoms with van der Waals surface area (Å²) in [5, 5.41) is 2.64. The Morgan fingerprint density at radius 3 is 2.83 bits per heavy atom. The van der Waals surface area contributed by atoms with E-state index < -0.39 is 12.2 Å². The van der Waals surface area contributed by atoms with Crippen molar-refractivity contribution >= 4 is 23.4 Å². The predicted molar refractivity (Wildman–Crippen MR) is 110 cm³/mol. The van der Waals surface area contributed by atoms with Crippen LogP contribution in [0.15, 0.2) is 42.5 Å². The van der Waals surface area contributed by atoms with Gasteiger partial charge in [0.1, 0.15) is 18.5 Å². The van der Waals surface area contributed by atoms with Crippen LogP contribution in [0.4, 0.5) is 20.6 Å². The van der Waals surface area contributed by atoms with Gasteiger partial charge >= 0.3 is 6.09 Å². The first-order valence-electron chi connectivity index (χ1n) is 9.90. The highest BCUT2D eigenvalue weighted by molar-refractivity contribution is 5.90. The van der Waals surface area contributed by atoms with E-state index in [1.54, 1.807) is 12.1 Å². The predicted octanol–water partition coefficient (Wildman–Crippen LogP) is 2.48. The molecule has 1 fully saturated rings. The molecule has 0 aromatic heterocycles. The Hall–Kier alpha value is -3.13. The van der Waals surface area contributed by atoms with E-state index in [2.05, 4.69) is 17.4 Å². The maximum atomic E-state index is 14.9. The Labute approximate surface area is 174 Å². The molecule has 2 heterocycles. The molecule has 0 spiro atoms. The van der Waals surface area contributed by atoms with Gasteiger partial charge in [-0.2, -0.15) is 0 Å². The smallest absolute Gasteiger partial charge is 0.414 e. The summed E-state index contributed by atoms with van der Waals surface area (Å²) in [7, 11) is 1.43. The van der Waals surface area contributed by atoms with E-state index >= 15 is 0 Å². The number of hydrogen-bond acceptors (Lipinski definition) is 5. The molecule has 2 aliphatic heterocycles. The summed E-state index contributed by atoms with van der Waals surface area (Å²) in [6.07, 6.45) is -0.189. The summed E-state index contributed by atoms with van der Waals surface area (Å²) < 4.78 is 25.0. The molecular formula is C22H24FN3O4. The molecule has 2 aromatic rings. The lowest BCUT2D eigenvalue weighted by atomic mass is 9.99. The van der Waals surface area contributed by atoms with Gasteiger partial charge < -0.3 is 19.7 Å². The van der Waals surface area contributed by atoms with E-state index in [1.807, 2.05) is 17.0 Å². The molecule has 8 heteroatoms. The van der Waals surface area contributed by atoms with Gasteiger partial charge in [0.05, 0.1) is 24.5 Å². The van der Waals surface area contributed by atoms with Crippen LogP contribution >= 0.6 is 0 Å². The van der Waals surface area contributed by atoms with Crippen molar-refractivity contribution in [3.63, 3.8) is 0 Å². The SMILES string of the molecule is COCC(=O)NC[C@H]1CN(c2ccc(N3CCc4ccccc4C3)c(F)c2)C(=O)O1. The lowest BCUT2D eigenvalue weighted by molar-refractivity contribution is -0.125. The zero-order chi connectivity index (χ0) is 21.1. The van der Waals surface area contributed by atoms with Crippen LogP contribution < -0.4 is 15.1 Å². The third-order valence-electron chi connectivity index (χ3n) is 5.39. The quantitative estimate of drug-likeness (QED) is 0.788. The lowest BCUT2D eigenvalue weighted by Gasteiger charge is -2.31. The average Bonchev–Trinajstić information content (AvgIpc) is 3.12. The van der Waals surface area contributed by atoms with Gasteiger partial charge in [-0.3, -0.25) is 9.69 Å². The van der Waals surface area contributed by atoms with E-state index in [1.165, 1.54) is 29.2 Å². The van der Waals surface area contributed by atoms with Crippen molar-refractivity contribution in [2.75, 3.05) is 43.2 Å². The lowest BCUT2D eigenvalue weighted by Crippen LogP contribution is -2.36. The maximum Gasteiger partial charge on any atom is 0.414 e. The number of rotatable bonds is 6. The Kier molecular flexibility index (Phi) is 5.85. The molecule has 158 valence electrons. The van der Waals surface area contributed by atoms with Gasteiger partial charge in [0, 0.05) is 20.2 Å². The minimum Gasteiger partial charge on any atom is -0.442 e. The number of nitrogens with zero attached hydrogens (tertiary/aromatic N) is 2. The first-order chi connectivity index (χ1) is 14.5. The normalized spacial score (nSPS) is 18.2. The third kappa shape index (κ3) is 4.23. The zero-order valence-corrected chi connectivity index (χ0v) is 16.8. The number of ether oxygens (including phenoxy) is 2. The van der Waals surface area contributed by atoms with Crippen molar-refractivity contribution in [2.24, 2.45) is 0 Å². The Morgan fingerprint density at radius 1 is 1.27 bits per heavy atom. The van der Waals surface area contributed by atoms with Crippen LogP contribution in [0.25, 0.3) is 0 Å². The number of amides is 2. The first kappa shape index (κ1) is 20.2. The van der Waals surface area contributed by atoms with E-state index in [9.17, 15) is 14.0 Å². The van der Waals surface area contributed by atoms with Crippen LogP contribution in [-0.2, 0) is 27.2 Å². The molecular weight excluding hydrogens is 389 g/mol. The first-order valence-corrected chi connectivity index (χ1v) is 9.90. The standard InChI is InChI=1S/C22H24FN3O4/c1-29-14-21(27)24-11-18-13-26(22(28)30-18)17-6-7-20(19(23)10-17)25-9-8-15-4-2-3-5-16(15)12-25/h2-7,10,18H,8-9,11-14H2,1H3,(H,24,27)/t18-/m0/s1. The molecule has 2 aliphatic rings. The Morgan fingerprint density at radius 2 is 2.07 bits per heavy atom. The second kappa shape index (κ2) is 8.71. The van der Waals surface area contributed by atoms with Crippen LogP contribution in [-0.4, -0.2) is 51.5 Å². The number of halogens is 1. The van der Waals surface area contributed by atoms with E-state index in [4.69, 9.17) is 9.47 Å². The van der Waals surface area contributed by atoms with Gasteiger partial charge in [-0.05, 0) is 35.7 Å². The number of nitrogens with one attached hydrogen (secondary N) is 1. The summed E-state index contributed by atoms with van der Waals surface area (Å²) in [6.45, 7) is 1.75. The van der Waals surface area contributed by atoms with Crippen LogP contribution in [0, 0.1) is 5.82 Å². The zero-order valence-electron chi connectivity index (χ0n) is 16.8. The topological polar surface area (TPSA) is 71.1 Å². The summed E-state index contributed by atoms with van der Waals surface area (Å²) in [6, 6.07) is 13.0. The Balaban J connectivity index is 1.42. The molecule has 0 aliphatic carbocycles. The molecule has 0 bridgehead atoms. The average molecular weight is 413 g/mol. The van der Waals surface area contributed by atoms with Gasteiger partial charge in [0.2, 0.25) is 5.91 Å². The molecule has 1 N–H and O–H groups in total. The minimum atomic E-state index is -0.556. The van der Waals surface area contributed by atoms with Gasteiger partial charge in [-0.25, -0.2) is 9.18 Å². The summed E-state index contributed by atoms with van der Waals surface area (Å²) in [5.41, 5.74) is 3.46. The highest BCUT2D eigenvalue weighted by Crippen LogP contribution is 2.30. The third-order valence-corrected chi connectivity index (χ3v) is 5.39. The second-order valence-electron chi connectivity index (χ2n) is 7.43. The van der Waals surface area contributed by atoms with Crippen LogP contribution in [0.5, 0.6) is 0 Å². The number of carbonyl (C=O) groups is 2. The van der Waals surface area contributed by atoms with Crippen LogP contribution in [0.3, 0.4) is 0 Å². The van der Waals surface area contributed by atoms with E-state index in [0.717, 1.165) is 13.0 Å². The van der Waals surface area contributed by atoms with Gasteiger partial charge in [0.15, 0.2) is 0 Å². The fourth-order valence-electron chi connectivity index (χ4n) is 3.87. The van der Waals surface area contributed by atoms with Crippen LogP contribution in [0.1, 0.15) is 11.1 Å². The van der Waals surface area contributed by atoms with E-state index in [-0.39, 0.29) is 31.4 Å². The summed E-state index contributed by atoms with van der Waals surface area (Å²) in [5.74, 6) is -0.665. The van der Waals surface area contributed by atoms with Gasteiger partial charge in [-0.15, -0.1) is 0 Å². The van der Waals surface area contributed by atoms with Crippen molar-refractivity contribution < 1.29 is 23.5 Å². The molecule has 30 heavy (non-hydrogen) atoms. The van der Waals surface area contributed by atoms with Crippen molar-refractivity contribution in [3.05, 3.63) is 59.4 Å². The molecule has 0 saturated carbocycles. The maximum absolute atomic E-state index is 14.9. The molecule has 7 nitrogen and oxygen atoms in total. The number of methoxy groups -OCH3 is 1. The number of carbonyl (C=O) groups excluding carboxylic acids is 2. The molecule has 2 amide bonds. The number of benzene rings is 2. The molecule has 0 unspecified atom stereocenters. The van der Waals surface area contributed by atoms with Crippen molar-refractivity contribution in [3.8, 4) is 0 Å². The number of anilines is 2. The van der Waals surface area contributed by atoms with Gasteiger partial charge in [0.25, 0.3) is 0 Å². The largest absolute Gasteiger partial charge is 0.442 e. The van der Waals surface area contributed by atoms with Crippen molar-refractivity contribution in [2.45, 2.75) is 19.1 Å². The summed E-state index contributed by atoms with van der Waals surface area (Å²) in [4.78, 5) is 27.1. The highest BCUT2D eigenvalue weighted by atomic mass is 19.1. The monoisotopic (exact) mass is 413 g/mol. The second-order valence-corrected chi connectivity index (χ2v) is 7.43. The van der Waals surface area contributed by atoms with E-state index in [0.29, 0.717) is 17.9 Å². The number of cyclic esters (lactones) is 1. The minimum absolute atomic E-state index is 0.0575. The fraction of sp³-hybridized carbons (Fsp3) is 0.364. The van der Waals surface area contributed by atoms with Crippen LogP contribution in [0.2, 0.25) is 0 Å². The van der Waals surface area contributed by atoms with Gasteiger partial charge in [-0.1, -0.05) is 24.3 Å². The molecule has 1 saturated heterocycles. The Bertz CT molecular complexity index is 952.